The third-order valence-electron chi connectivity index (χ3n) is 13.0. The fourth-order valence-electron chi connectivity index (χ4n) is 9.58. The van der Waals surface area contributed by atoms with Gasteiger partial charge in [0.05, 0.1) is 28.0 Å². The molecule has 8 heteroatoms. The average Bonchev–Trinajstić information content (AvgIpc) is 3.84. The predicted molar refractivity (Wildman–Crippen MR) is 269 cm³/mol. The summed E-state index contributed by atoms with van der Waals surface area (Å²) < 4.78 is 54.1. The summed E-state index contributed by atoms with van der Waals surface area (Å²) in [5.41, 5.74) is 12.4. The molecule has 0 saturated heterocycles. The van der Waals surface area contributed by atoms with Gasteiger partial charge in [0.1, 0.15) is 41.4 Å². The van der Waals surface area contributed by atoms with E-state index < -0.39 is 17.5 Å². The van der Waals surface area contributed by atoms with Crippen LogP contribution in [0.5, 0.6) is 11.5 Å². The molecule has 0 amide bonds. The minimum Gasteiger partial charge on any atom is -0.457 e. The quantitative estimate of drug-likeness (QED) is 0.145. The molecule has 5 nitrogen and oxygen atoms in total. The number of para-hydroxylation sites is 3. The van der Waals surface area contributed by atoms with E-state index in [0.29, 0.717) is 23.7 Å². The van der Waals surface area contributed by atoms with Crippen LogP contribution in [0.25, 0.3) is 49.9 Å². The molecule has 0 atom stereocenters. The summed E-state index contributed by atoms with van der Waals surface area (Å²) in [6, 6.07) is 47.5. The highest BCUT2D eigenvalue weighted by Gasteiger charge is 2.33. The molecule has 0 spiro atoms. The maximum Gasteiger partial charge on any atom is 0.137 e. The first-order valence-electron chi connectivity index (χ1n) is 23.0. The Bertz CT molecular complexity index is 3310. The average molecular weight is 891 g/mol. The highest BCUT2D eigenvalue weighted by Crippen LogP contribution is 2.51. The second kappa shape index (κ2) is 16.8. The maximum absolute atomic E-state index is 15.4. The van der Waals surface area contributed by atoms with Gasteiger partial charge in [-0.2, -0.15) is 0 Å². The van der Waals surface area contributed by atoms with Gasteiger partial charge < -0.3 is 14.5 Å². The summed E-state index contributed by atoms with van der Waals surface area (Å²) in [6.07, 6.45) is 1.89. The van der Waals surface area contributed by atoms with Gasteiger partial charge in [0.25, 0.3) is 0 Å². The van der Waals surface area contributed by atoms with Gasteiger partial charge in [0.2, 0.25) is 0 Å². The van der Waals surface area contributed by atoms with Crippen molar-refractivity contribution in [3.8, 4) is 39.6 Å². The topological polar surface area (TPSA) is 33.5 Å². The molecule has 0 saturated carbocycles. The number of anilines is 4. The SMILES string of the molecule is Cc1ccc(-c2cc(Oc3ccc4c5ccccc5n(-c5cc(C(C)(C)C)ccn5)c4c3)cc(N3CN(c4c(C(C)C)cc(-c5c(F)cc(F)cc5F)cc4C(C)C)c4ccccc43)c2)cc1. The number of hydrogen-bond acceptors (Lipinski definition) is 4. The monoisotopic (exact) mass is 890 g/mol. The van der Waals surface area contributed by atoms with Crippen LogP contribution >= 0.6 is 0 Å². The van der Waals surface area contributed by atoms with E-state index in [1.807, 2.05) is 36.5 Å². The number of aromatic nitrogens is 2. The summed E-state index contributed by atoms with van der Waals surface area (Å²) in [4.78, 5) is 9.51. The molecule has 0 aliphatic carbocycles. The Morgan fingerprint density at radius 1 is 0.582 bits per heavy atom. The van der Waals surface area contributed by atoms with Crippen molar-refractivity contribution in [2.75, 3.05) is 16.5 Å². The summed E-state index contributed by atoms with van der Waals surface area (Å²) >= 11 is 0. The van der Waals surface area contributed by atoms with Gasteiger partial charge in [-0.25, -0.2) is 18.2 Å². The molecule has 10 rings (SSSR count). The van der Waals surface area contributed by atoms with E-state index in [-0.39, 0.29) is 22.8 Å². The van der Waals surface area contributed by atoms with Gasteiger partial charge in [-0.05, 0) is 124 Å². The van der Waals surface area contributed by atoms with E-state index in [4.69, 9.17) is 9.72 Å². The van der Waals surface area contributed by atoms with E-state index in [9.17, 15) is 4.39 Å². The number of benzene rings is 7. The van der Waals surface area contributed by atoms with Crippen molar-refractivity contribution < 1.29 is 17.9 Å². The van der Waals surface area contributed by atoms with Crippen molar-refractivity contribution in [3.63, 3.8) is 0 Å². The molecule has 0 N–H and O–H groups in total. The molecule has 0 radical (unpaired) electrons. The third kappa shape index (κ3) is 7.98. The van der Waals surface area contributed by atoms with Crippen LogP contribution in [0.15, 0.2) is 152 Å². The zero-order valence-corrected chi connectivity index (χ0v) is 39.1. The zero-order chi connectivity index (χ0) is 46.9. The minimum atomic E-state index is -0.947. The Morgan fingerprint density at radius 2 is 1.22 bits per heavy atom. The molecule has 1 aliphatic rings. The van der Waals surface area contributed by atoms with Crippen LogP contribution in [0.4, 0.5) is 35.9 Å². The summed E-state index contributed by atoms with van der Waals surface area (Å²) in [6.45, 7) is 17.6. The summed E-state index contributed by atoms with van der Waals surface area (Å²) in [7, 11) is 0. The highest BCUT2D eigenvalue weighted by molar-refractivity contribution is 6.09. The third-order valence-corrected chi connectivity index (χ3v) is 13.0. The lowest BCUT2D eigenvalue weighted by molar-refractivity contribution is 0.483. The molecule has 2 aromatic heterocycles. The van der Waals surface area contributed by atoms with Crippen LogP contribution in [-0.2, 0) is 5.41 Å². The molecule has 0 bridgehead atoms. The number of hydrogen-bond donors (Lipinski definition) is 0. The zero-order valence-electron chi connectivity index (χ0n) is 39.1. The first-order valence-corrected chi connectivity index (χ1v) is 23.0. The van der Waals surface area contributed by atoms with E-state index in [2.05, 4.69) is 173 Å². The lowest BCUT2D eigenvalue weighted by Crippen LogP contribution is -2.26. The Balaban J connectivity index is 1.10. The second-order valence-corrected chi connectivity index (χ2v) is 19.4. The van der Waals surface area contributed by atoms with Gasteiger partial charge in [-0.1, -0.05) is 109 Å². The van der Waals surface area contributed by atoms with E-state index in [0.717, 1.165) is 84.8 Å². The molecule has 1 aliphatic heterocycles. The van der Waals surface area contributed by atoms with Crippen LogP contribution in [-0.4, -0.2) is 16.2 Å². The number of halogens is 3. The molecule has 0 unspecified atom stereocenters. The number of ether oxygens (including phenoxy) is 1. The number of pyridine rings is 1. The van der Waals surface area contributed by atoms with Crippen LogP contribution in [0.1, 0.15) is 82.6 Å². The number of fused-ring (bicyclic) bond motifs is 4. The summed E-state index contributed by atoms with van der Waals surface area (Å²) in [5, 5.41) is 2.25. The lowest BCUT2D eigenvalue weighted by atomic mass is 9.87. The molecule has 7 aromatic carbocycles. The van der Waals surface area contributed by atoms with Gasteiger partial charge in [-0.3, -0.25) is 4.57 Å². The maximum atomic E-state index is 15.4. The summed E-state index contributed by atoms with van der Waals surface area (Å²) in [5.74, 6) is -0.611. The van der Waals surface area contributed by atoms with Crippen molar-refractivity contribution in [3.05, 3.63) is 191 Å². The minimum absolute atomic E-state index is 0.0145. The first-order chi connectivity index (χ1) is 32.1. The van der Waals surface area contributed by atoms with E-state index >= 15 is 8.78 Å². The van der Waals surface area contributed by atoms with Gasteiger partial charge in [0.15, 0.2) is 0 Å². The Kier molecular flexibility index (Phi) is 10.9. The van der Waals surface area contributed by atoms with Crippen molar-refractivity contribution in [2.45, 2.75) is 72.6 Å². The molecule has 0 fully saturated rings. The van der Waals surface area contributed by atoms with Crippen molar-refractivity contribution in [2.24, 2.45) is 0 Å². The van der Waals surface area contributed by atoms with E-state index in [1.54, 1.807) is 0 Å². The smallest absolute Gasteiger partial charge is 0.137 e. The fraction of sp³-hybridized carbons (Fsp3) is 0.203. The van der Waals surface area contributed by atoms with Crippen LogP contribution in [0, 0.1) is 24.4 Å². The van der Waals surface area contributed by atoms with Gasteiger partial charge in [-0.15, -0.1) is 0 Å². The molecule has 336 valence electrons. The Morgan fingerprint density at radius 3 is 1.90 bits per heavy atom. The predicted octanol–water partition coefficient (Wildman–Crippen LogP) is 16.8. The number of aryl methyl sites for hydroxylation is 1. The van der Waals surface area contributed by atoms with Crippen LogP contribution < -0.4 is 14.5 Å². The lowest BCUT2D eigenvalue weighted by Gasteiger charge is -2.30. The first kappa shape index (κ1) is 43.6. The standard InChI is InChI=1S/C59H53F3N4O/c1-35(2)48-27-40(57-50(61)30-42(60)31-51(57)62)28-49(36(3)4)58(48)65-34-64(53-15-11-12-16-54(53)65)43-25-39(38-19-17-37(5)18-20-38)26-45(32-43)67-44-21-22-47-46-13-9-10-14-52(46)66(55(47)33-44)56-29-41(23-24-63-56)59(6,7)8/h9-33,35-36H,34H2,1-8H3. The fourth-order valence-corrected chi connectivity index (χ4v) is 9.58. The Labute approximate surface area is 390 Å². The molecular formula is C59H53F3N4O. The van der Waals surface area contributed by atoms with Gasteiger partial charge in [0, 0.05) is 52.6 Å². The molecular weight excluding hydrogens is 838 g/mol. The molecule has 9 aromatic rings. The van der Waals surface area contributed by atoms with Crippen LogP contribution in [0.3, 0.4) is 0 Å². The molecule has 3 heterocycles. The molecule has 67 heavy (non-hydrogen) atoms. The van der Waals surface area contributed by atoms with Crippen LogP contribution in [0.2, 0.25) is 0 Å². The van der Waals surface area contributed by atoms with Crippen molar-refractivity contribution in [1.82, 2.24) is 9.55 Å². The number of rotatable bonds is 9. The van der Waals surface area contributed by atoms with Crippen molar-refractivity contribution >= 4 is 44.6 Å². The Hall–Kier alpha value is -7.32. The van der Waals surface area contributed by atoms with E-state index in [1.165, 1.54) is 11.1 Å². The highest BCUT2D eigenvalue weighted by atomic mass is 19.1. The normalized spacial score (nSPS) is 12.9. The van der Waals surface area contributed by atoms with Gasteiger partial charge >= 0.3 is 0 Å². The van der Waals surface area contributed by atoms with Crippen molar-refractivity contribution in [1.29, 1.82) is 0 Å². The number of nitrogens with zero attached hydrogens (tertiary/aromatic N) is 4. The largest absolute Gasteiger partial charge is 0.457 e. The second-order valence-electron chi connectivity index (χ2n) is 19.4.